The maximum absolute atomic E-state index is 7.01. The van der Waals surface area contributed by atoms with Crippen molar-refractivity contribution >= 4 is 78.6 Å². The van der Waals surface area contributed by atoms with Crippen molar-refractivity contribution in [1.29, 1.82) is 0 Å². The minimum Gasteiger partial charge on any atom is -0.455 e. The van der Waals surface area contributed by atoms with Crippen LogP contribution in [0.3, 0.4) is 0 Å². The maximum atomic E-state index is 7.01. The molecule has 0 fully saturated rings. The predicted molar refractivity (Wildman–Crippen MR) is 218 cm³/mol. The number of anilines is 3. The zero-order valence-corrected chi connectivity index (χ0v) is 28.1. The van der Waals surface area contributed by atoms with Crippen molar-refractivity contribution in [3.05, 3.63) is 176 Å². The standard InChI is InChI=1S/C48H29BN2O/c1-4-14-30(15-5-1)32-24-25-35-37-27-26-34(31-16-6-2-7-17-31)44-45-46-42(29-38-36-20-10-13-23-43(36)52-48(38)45)50(33-18-8-3-9-19-33)40-22-12-11-21-39(40)49(46)51(47(37)44)41(35)28-32/h1-29H. The average Bonchev–Trinajstić information content (AvgIpc) is 3.75. The Hall–Kier alpha value is -6.78. The summed E-state index contributed by atoms with van der Waals surface area (Å²) in [5.41, 5.74) is 17.6. The van der Waals surface area contributed by atoms with Crippen LogP contribution in [0, 0.1) is 0 Å². The monoisotopic (exact) mass is 660 g/mol. The van der Waals surface area contributed by atoms with E-state index in [0.29, 0.717) is 0 Å². The van der Waals surface area contributed by atoms with E-state index in [4.69, 9.17) is 4.42 Å². The Morgan fingerprint density at radius 1 is 0.462 bits per heavy atom. The molecule has 0 radical (unpaired) electrons. The van der Waals surface area contributed by atoms with Crippen LogP contribution < -0.4 is 15.8 Å². The summed E-state index contributed by atoms with van der Waals surface area (Å²) in [5.74, 6) is 0. The van der Waals surface area contributed by atoms with Gasteiger partial charge >= 0.3 is 6.85 Å². The summed E-state index contributed by atoms with van der Waals surface area (Å²) in [5, 5.41) is 4.78. The third kappa shape index (κ3) is 3.65. The lowest BCUT2D eigenvalue weighted by Gasteiger charge is -2.40. The summed E-state index contributed by atoms with van der Waals surface area (Å²) < 4.78 is 9.67. The van der Waals surface area contributed by atoms with Gasteiger partial charge in [0.1, 0.15) is 11.2 Å². The third-order valence-corrected chi connectivity index (χ3v) is 11.4. The first-order valence-electron chi connectivity index (χ1n) is 18.0. The molecule has 0 bridgehead atoms. The number of nitrogens with zero attached hydrogens (tertiary/aromatic N) is 2. The summed E-state index contributed by atoms with van der Waals surface area (Å²) in [6.07, 6.45) is 0. The average molecular weight is 661 g/mol. The molecule has 10 aromatic rings. The van der Waals surface area contributed by atoms with E-state index < -0.39 is 0 Å². The summed E-state index contributed by atoms with van der Waals surface area (Å²) in [4.78, 5) is 2.47. The molecule has 0 N–H and O–H groups in total. The van der Waals surface area contributed by atoms with Crippen LogP contribution in [0.5, 0.6) is 0 Å². The largest absolute Gasteiger partial charge is 0.455 e. The Morgan fingerprint density at radius 2 is 1.15 bits per heavy atom. The van der Waals surface area contributed by atoms with Gasteiger partial charge in [0.2, 0.25) is 0 Å². The third-order valence-electron chi connectivity index (χ3n) is 11.4. The number of rotatable bonds is 3. The Labute approximate surface area is 300 Å². The molecule has 0 spiro atoms. The van der Waals surface area contributed by atoms with Gasteiger partial charge < -0.3 is 13.8 Å². The van der Waals surface area contributed by atoms with Crippen molar-refractivity contribution in [2.75, 3.05) is 4.90 Å². The van der Waals surface area contributed by atoms with E-state index in [1.165, 1.54) is 77.5 Å². The van der Waals surface area contributed by atoms with Crippen LogP contribution in [0.15, 0.2) is 180 Å². The van der Waals surface area contributed by atoms with E-state index in [9.17, 15) is 0 Å². The van der Waals surface area contributed by atoms with Crippen molar-refractivity contribution in [1.82, 2.24) is 4.48 Å². The number of aromatic nitrogens is 1. The zero-order chi connectivity index (χ0) is 33.9. The number of benzene rings is 8. The molecule has 2 aliphatic rings. The van der Waals surface area contributed by atoms with Gasteiger partial charge in [-0.3, -0.25) is 0 Å². The summed E-state index contributed by atoms with van der Waals surface area (Å²) in [7, 11) is 0. The Balaban J connectivity index is 1.33. The molecule has 240 valence electrons. The summed E-state index contributed by atoms with van der Waals surface area (Å²) >= 11 is 0. The van der Waals surface area contributed by atoms with Crippen LogP contribution in [0.2, 0.25) is 0 Å². The second kappa shape index (κ2) is 10.4. The highest BCUT2D eigenvalue weighted by Gasteiger charge is 2.45. The van der Waals surface area contributed by atoms with Crippen molar-refractivity contribution < 1.29 is 4.42 Å². The molecule has 4 heteroatoms. The van der Waals surface area contributed by atoms with Crippen LogP contribution in [-0.4, -0.2) is 11.3 Å². The fourth-order valence-corrected chi connectivity index (χ4v) is 9.23. The fraction of sp³-hybridized carbons (Fsp3) is 0. The SMILES string of the molecule is c1ccc(-c2ccc3c4ccc(-c5ccccc5)c5c4n(c3c2)B2c3ccccc3N(c3ccccc3)c3cc4c(oc6ccccc64)c-5c32)cc1. The number of fused-ring (bicyclic) bond motifs is 11. The molecule has 12 rings (SSSR count). The lowest BCUT2D eigenvalue weighted by molar-refractivity contribution is 0.670. The van der Waals surface area contributed by atoms with E-state index >= 15 is 0 Å². The maximum Gasteiger partial charge on any atom is 0.333 e. The normalized spacial score (nSPS) is 12.9. The molecular weight excluding hydrogens is 631 g/mol. The first kappa shape index (κ1) is 28.0. The van der Waals surface area contributed by atoms with Crippen molar-refractivity contribution in [3.63, 3.8) is 0 Å². The highest BCUT2D eigenvalue weighted by molar-refractivity contribution is 6.90. The van der Waals surface area contributed by atoms with Gasteiger partial charge in [-0.05, 0) is 69.6 Å². The van der Waals surface area contributed by atoms with E-state index in [2.05, 4.69) is 185 Å². The summed E-state index contributed by atoms with van der Waals surface area (Å²) in [6, 6.07) is 64.0. The van der Waals surface area contributed by atoms with Gasteiger partial charge in [-0.2, -0.15) is 0 Å². The van der Waals surface area contributed by atoms with Gasteiger partial charge in [-0.1, -0.05) is 140 Å². The minimum atomic E-state index is -0.0803. The molecule has 0 amide bonds. The number of para-hydroxylation sites is 3. The van der Waals surface area contributed by atoms with Gasteiger partial charge in [0.05, 0.1) is 0 Å². The van der Waals surface area contributed by atoms with Gasteiger partial charge in [-0.15, -0.1) is 0 Å². The van der Waals surface area contributed by atoms with Crippen LogP contribution in [0.25, 0.3) is 77.1 Å². The van der Waals surface area contributed by atoms with Gasteiger partial charge in [0.25, 0.3) is 0 Å². The first-order valence-corrected chi connectivity index (χ1v) is 18.0. The van der Waals surface area contributed by atoms with Crippen LogP contribution in [0.1, 0.15) is 0 Å². The molecule has 0 atom stereocenters. The highest BCUT2D eigenvalue weighted by atomic mass is 16.3. The van der Waals surface area contributed by atoms with E-state index in [0.717, 1.165) is 27.6 Å². The molecule has 2 aromatic heterocycles. The Morgan fingerprint density at radius 3 is 1.98 bits per heavy atom. The number of hydrogen-bond acceptors (Lipinski definition) is 2. The van der Waals surface area contributed by atoms with E-state index in [1.54, 1.807) is 0 Å². The predicted octanol–water partition coefficient (Wildman–Crippen LogP) is 11.4. The fourth-order valence-electron chi connectivity index (χ4n) is 9.23. The number of furan rings is 1. The first-order chi connectivity index (χ1) is 25.8. The second-order valence-corrected chi connectivity index (χ2v) is 14.0. The van der Waals surface area contributed by atoms with Crippen LogP contribution in [-0.2, 0) is 0 Å². The Bertz CT molecular complexity index is 3070. The zero-order valence-electron chi connectivity index (χ0n) is 28.1. The highest BCUT2D eigenvalue weighted by Crippen LogP contribution is 2.51. The van der Waals surface area contributed by atoms with Gasteiger partial charge in [-0.25, -0.2) is 0 Å². The molecule has 52 heavy (non-hydrogen) atoms. The van der Waals surface area contributed by atoms with Crippen molar-refractivity contribution in [2.24, 2.45) is 0 Å². The molecule has 2 aliphatic heterocycles. The van der Waals surface area contributed by atoms with Crippen molar-refractivity contribution in [3.8, 4) is 33.4 Å². The summed E-state index contributed by atoms with van der Waals surface area (Å²) in [6.45, 7) is -0.0803. The van der Waals surface area contributed by atoms with E-state index in [-0.39, 0.29) is 6.85 Å². The smallest absolute Gasteiger partial charge is 0.333 e. The minimum absolute atomic E-state index is 0.0803. The molecule has 3 nitrogen and oxygen atoms in total. The second-order valence-electron chi connectivity index (χ2n) is 14.0. The van der Waals surface area contributed by atoms with Crippen LogP contribution in [0.4, 0.5) is 17.1 Å². The lowest BCUT2D eigenvalue weighted by atomic mass is 9.45. The molecule has 0 saturated carbocycles. The lowest BCUT2D eigenvalue weighted by Crippen LogP contribution is -2.56. The van der Waals surface area contributed by atoms with Gasteiger partial charge in [0, 0.05) is 60.8 Å². The van der Waals surface area contributed by atoms with E-state index in [1.807, 2.05) is 0 Å². The quantitative estimate of drug-likeness (QED) is 0.176. The molecule has 4 heterocycles. The molecule has 8 aromatic carbocycles. The van der Waals surface area contributed by atoms with Crippen LogP contribution >= 0.6 is 0 Å². The van der Waals surface area contributed by atoms with Crippen molar-refractivity contribution in [2.45, 2.75) is 0 Å². The molecular formula is C48H29BN2O. The topological polar surface area (TPSA) is 21.3 Å². The van der Waals surface area contributed by atoms with Gasteiger partial charge in [0.15, 0.2) is 0 Å². The Kier molecular flexibility index (Phi) is 5.58. The molecule has 0 aliphatic carbocycles. The molecule has 0 unspecified atom stereocenters. The number of hydrogen-bond donors (Lipinski definition) is 0. The molecule has 0 saturated heterocycles.